The number of urea groups is 1. The van der Waals surface area contributed by atoms with Crippen molar-refractivity contribution < 1.29 is 4.79 Å². The number of amides is 2. The molecule has 6 nitrogen and oxygen atoms in total. The Morgan fingerprint density at radius 1 is 1.28 bits per heavy atom. The van der Waals surface area contributed by atoms with Crippen molar-refractivity contribution in [2.45, 2.75) is 39.7 Å². The SMILES string of the molecule is Cc1cc(C)n(-c2ccc(CNC(=O)NC[C@H]3CC=CCC3)cn2)n1. The van der Waals surface area contributed by atoms with Gasteiger partial charge in [0.15, 0.2) is 5.82 Å². The fraction of sp³-hybridized carbons (Fsp3) is 0.421. The van der Waals surface area contributed by atoms with Gasteiger partial charge in [-0.05, 0) is 56.7 Å². The zero-order chi connectivity index (χ0) is 17.6. The average molecular weight is 339 g/mol. The van der Waals surface area contributed by atoms with E-state index >= 15 is 0 Å². The topological polar surface area (TPSA) is 71.8 Å². The second-order valence-electron chi connectivity index (χ2n) is 6.58. The van der Waals surface area contributed by atoms with E-state index in [0.717, 1.165) is 48.6 Å². The predicted molar refractivity (Wildman–Crippen MR) is 97.6 cm³/mol. The molecule has 2 N–H and O–H groups in total. The van der Waals surface area contributed by atoms with Gasteiger partial charge < -0.3 is 10.6 Å². The minimum atomic E-state index is -0.128. The highest BCUT2D eigenvalue weighted by Gasteiger charge is 2.11. The molecule has 3 rings (SSSR count). The second kappa shape index (κ2) is 7.96. The van der Waals surface area contributed by atoms with Crippen LogP contribution in [0.1, 0.15) is 36.2 Å². The molecule has 0 spiro atoms. The molecule has 2 amide bonds. The Bertz CT molecular complexity index is 748. The third-order valence-electron chi connectivity index (χ3n) is 4.42. The normalized spacial score (nSPS) is 16.6. The van der Waals surface area contributed by atoms with Crippen molar-refractivity contribution in [1.82, 2.24) is 25.4 Å². The summed E-state index contributed by atoms with van der Waals surface area (Å²) in [7, 11) is 0. The summed E-state index contributed by atoms with van der Waals surface area (Å²) in [6.45, 7) is 5.15. The Balaban J connectivity index is 1.47. The first-order valence-electron chi connectivity index (χ1n) is 8.77. The minimum Gasteiger partial charge on any atom is -0.338 e. The maximum atomic E-state index is 11.9. The van der Waals surface area contributed by atoms with E-state index in [0.29, 0.717) is 12.5 Å². The van der Waals surface area contributed by atoms with E-state index in [4.69, 9.17) is 0 Å². The number of allylic oxidation sites excluding steroid dienone is 2. The summed E-state index contributed by atoms with van der Waals surface area (Å²) in [6.07, 6.45) is 9.49. The van der Waals surface area contributed by atoms with Gasteiger partial charge in [-0.2, -0.15) is 5.10 Å². The Labute approximate surface area is 148 Å². The largest absolute Gasteiger partial charge is 0.338 e. The third-order valence-corrected chi connectivity index (χ3v) is 4.42. The van der Waals surface area contributed by atoms with Crippen LogP contribution in [0.3, 0.4) is 0 Å². The minimum absolute atomic E-state index is 0.128. The monoisotopic (exact) mass is 339 g/mol. The number of carbonyl (C=O) groups is 1. The van der Waals surface area contributed by atoms with Crippen LogP contribution in [0.5, 0.6) is 0 Å². The fourth-order valence-electron chi connectivity index (χ4n) is 3.03. The van der Waals surface area contributed by atoms with Crippen molar-refractivity contribution in [1.29, 1.82) is 0 Å². The third kappa shape index (κ3) is 4.68. The number of pyridine rings is 1. The van der Waals surface area contributed by atoms with Crippen LogP contribution in [-0.2, 0) is 6.54 Å². The van der Waals surface area contributed by atoms with Gasteiger partial charge in [0.1, 0.15) is 0 Å². The number of rotatable bonds is 5. The first-order valence-corrected chi connectivity index (χ1v) is 8.77. The van der Waals surface area contributed by atoms with Crippen LogP contribution in [0.15, 0.2) is 36.5 Å². The van der Waals surface area contributed by atoms with Crippen LogP contribution < -0.4 is 10.6 Å². The summed E-state index contributed by atoms with van der Waals surface area (Å²) in [5.74, 6) is 1.33. The number of aromatic nitrogens is 3. The lowest BCUT2D eigenvalue weighted by atomic mass is 9.94. The molecule has 2 heterocycles. The molecule has 0 radical (unpaired) electrons. The first kappa shape index (κ1) is 17.2. The van der Waals surface area contributed by atoms with Crippen molar-refractivity contribution >= 4 is 6.03 Å². The molecule has 0 fully saturated rings. The van der Waals surface area contributed by atoms with Gasteiger partial charge in [-0.3, -0.25) is 0 Å². The van der Waals surface area contributed by atoms with Crippen LogP contribution >= 0.6 is 0 Å². The van der Waals surface area contributed by atoms with Crippen molar-refractivity contribution in [2.75, 3.05) is 6.54 Å². The predicted octanol–water partition coefficient (Wildman–Crippen LogP) is 3.04. The summed E-state index contributed by atoms with van der Waals surface area (Å²) in [4.78, 5) is 16.4. The second-order valence-corrected chi connectivity index (χ2v) is 6.58. The molecule has 1 atom stereocenters. The van der Waals surface area contributed by atoms with Gasteiger partial charge in [0.05, 0.1) is 5.69 Å². The van der Waals surface area contributed by atoms with Crippen LogP contribution in [0.4, 0.5) is 4.79 Å². The van der Waals surface area contributed by atoms with Crippen LogP contribution in [0.2, 0.25) is 0 Å². The maximum absolute atomic E-state index is 11.9. The standard InChI is InChI=1S/C19H25N5O/c1-14-10-15(2)24(23-14)18-9-8-17(12-20-18)13-22-19(25)21-11-16-6-4-3-5-7-16/h3-4,8-10,12,16H,5-7,11,13H2,1-2H3,(H2,21,22,25)/t16-/m0/s1. The summed E-state index contributed by atoms with van der Waals surface area (Å²) >= 11 is 0. The van der Waals surface area contributed by atoms with Crippen LogP contribution in [0.25, 0.3) is 5.82 Å². The molecular formula is C19H25N5O. The molecule has 0 bridgehead atoms. The van der Waals surface area contributed by atoms with Gasteiger partial charge in [-0.15, -0.1) is 0 Å². The Morgan fingerprint density at radius 3 is 2.80 bits per heavy atom. The fourth-order valence-corrected chi connectivity index (χ4v) is 3.03. The molecule has 0 saturated carbocycles. The molecule has 2 aromatic rings. The quantitative estimate of drug-likeness (QED) is 0.823. The van der Waals surface area contributed by atoms with Crippen molar-refractivity contribution in [2.24, 2.45) is 5.92 Å². The van der Waals surface area contributed by atoms with E-state index in [-0.39, 0.29) is 6.03 Å². The van der Waals surface area contributed by atoms with Crippen molar-refractivity contribution in [3.8, 4) is 5.82 Å². The van der Waals surface area contributed by atoms with Gasteiger partial charge in [0, 0.05) is 25.0 Å². The molecule has 6 heteroatoms. The van der Waals surface area contributed by atoms with E-state index in [1.165, 1.54) is 0 Å². The molecular weight excluding hydrogens is 314 g/mol. The van der Waals surface area contributed by atoms with Gasteiger partial charge >= 0.3 is 6.03 Å². The zero-order valence-electron chi connectivity index (χ0n) is 14.8. The van der Waals surface area contributed by atoms with E-state index < -0.39 is 0 Å². The number of carbonyl (C=O) groups excluding carboxylic acids is 1. The summed E-state index contributed by atoms with van der Waals surface area (Å²) in [5, 5.41) is 10.3. The summed E-state index contributed by atoms with van der Waals surface area (Å²) in [6, 6.07) is 5.77. The highest BCUT2D eigenvalue weighted by Crippen LogP contribution is 2.16. The van der Waals surface area contributed by atoms with Crippen molar-refractivity contribution in [3.05, 3.63) is 53.5 Å². The van der Waals surface area contributed by atoms with Crippen molar-refractivity contribution in [3.63, 3.8) is 0 Å². The van der Waals surface area contributed by atoms with Crippen LogP contribution in [0, 0.1) is 19.8 Å². The summed E-state index contributed by atoms with van der Waals surface area (Å²) < 4.78 is 1.82. The van der Waals surface area contributed by atoms with E-state index in [9.17, 15) is 4.79 Å². The number of nitrogens with one attached hydrogen (secondary N) is 2. The molecule has 0 aliphatic heterocycles. The molecule has 132 valence electrons. The molecule has 0 unspecified atom stereocenters. The average Bonchev–Trinajstić information content (AvgIpc) is 2.98. The highest BCUT2D eigenvalue weighted by atomic mass is 16.2. The van der Waals surface area contributed by atoms with E-state index in [2.05, 4.69) is 32.9 Å². The molecule has 1 aliphatic rings. The lowest BCUT2D eigenvalue weighted by molar-refractivity contribution is 0.238. The lowest BCUT2D eigenvalue weighted by Gasteiger charge is -2.18. The molecule has 1 aliphatic carbocycles. The molecule has 25 heavy (non-hydrogen) atoms. The maximum Gasteiger partial charge on any atom is 0.315 e. The van der Waals surface area contributed by atoms with Gasteiger partial charge in [-0.25, -0.2) is 14.5 Å². The number of hydrogen-bond donors (Lipinski definition) is 2. The first-order chi connectivity index (χ1) is 12.1. The van der Waals surface area contributed by atoms with Gasteiger partial charge in [-0.1, -0.05) is 18.2 Å². The zero-order valence-corrected chi connectivity index (χ0v) is 14.8. The van der Waals surface area contributed by atoms with E-state index in [1.807, 2.05) is 36.7 Å². The van der Waals surface area contributed by atoms with Crippen LogP contribution in [-0.4, -0.2) is 27.3 Å². The van der Waals surface area contributed by atoms with E-state index in [1.54, 1.807) is 6.20 Å². The van der Waals surface area contributed by atoms with Gasteiger partial charge in [0.2, 0.25) is 0 Å². The number of nitrogens with zero attached hydrogens (tertiary/aromatic N) is 3. The van der Waals surface area contributed by atoms with Gasteiger partial charge in [0.25, 0.3) is 0 Å². The Hall–Kier alpha value is -2.63. The molecule has 2 aromatic heterocycles. The number of aryl methyl sites for hydroxylation is 2. The molecule has 0 aromatic carbocycles. The smallest absolute Gasteiger partial charge is 0.315 e. The number of hydrogen-bond acceptors (Lipinski definition) is 3. The summed E-state index contributed by atoms with van der Waals surface area (Å²) in [5.41, 5.74) is 2.98. The molecule has 0 saturated heterocycles. The lowest BCUT2D eigenvalue weighted by Crippen LogP contribution is -2.38. The Morgan fingerprint density at radius 2 is 2.16 bits per heavy atom. The Kier molecular flexibility index (Phi) is 5.48. The highest BCUT2D eigenvalue weighted by molar-refractivity contribution is 5.73.